The van der Waals surface area contributed by atoms with E-state index in [4.69, 9.17) is 11.6 Å². The standard InChI is InChI=1S/C15H14ClF3N2/c1-2-21-14(10-3-5-11(16)6-4-10)12-9-20-8-7-13(12)15(17,18)19/h3-9,14,21H,2H2,1H3. The van der Waals surface area contributed by atoms with Crippen molar-refractivity contribution in [1.29, 1.82) is 0 Å². The lowest BCUT2D eigenvalue weighted by molar-refractivity contribution is -0.138. The zero-order valence-corrected chi connectivity index (χ0v) is 12.0. The highest BCUT2D eigenvalue weighted by atomic mass is 35.5. The number of pyridine rings is 1. The molecule has 1 aromatic carbocycles. The summed E-state index contributed by atoms with van der Waals surface area (Å²) in [6.07, 6.45) is -2.01. The maximum absolute atomic E-state index is 13.2. The summed E-state index contributed by atoms with van der Waals surface area (Å²) in [5, 5.41) is 3.60. The summed E-state index contributed by atoms with van der Waals surface area (Å²) in [6, 6.07) is 7.15. The van der Waals surface area contributed by atoms with E-state index in [0.717, 1.165) is 12.3 Å². The number of halogens is 4. The molecule has 0 saturated carbocycles. The van der Waals surface area contributed by atoms with Gasteiger partial charge in [-0.05, 0) is 30.3 Å². The van der Waals surface area contributed by atoms with Crippen molar-refractivity contribution in [2.75, 3.05) is 6.54 Å². The minimum absolute atomic E-state index is 0.106. The molecule has 21 heavy (non-hydrogen) atoms. The number of hydrogen-bond donors (Lipinski definition) is 1. The molecule has 112 valence electrons. The highest BCUT2D eigenvalue weighted by molar-refractivity contribution is 6.30. The van der Waals surface area contributed by atoms with Gasteiger partial charge in [-0.1, -0.05) is 30.7 Å². The molecule has 0 bridgehead atoms. The molecule has 6 heteroatoms. The van der Waals surface area contributed by atoms with Gasteiger partial charge in [0.05, 0.1) is 11.6 Å². The van der Waals surface area contributed by atoms with Gasteiger partial charge in [-0.15, -0.1) is 0 Å². The molecule has 1 N–H and O–H groups in total. The molecule has 0 spiro atoms. The first-order valence-corrected chi connectivity index (χ1v) is 6.81. The minimum atomic E-state index is -4.42. The van der Waals surface area contributed by atoms with Crippen LogP contribution in [-0.4, -0.2) is 11.5 Å². The zero-order valence-electron chi connectivity index (χ0n) is 11.3. The van der Waals surface area contributed by atoms with E-state index in [1.165, 1.54) is 6.20 Å². The number of nitrogens with one attached hydrogen (secondary N) is 1. The Morgan fingerprint density at radius 2 is 1.86 bits per heavy atom. The quantitative estimate of drug-likeness (QED) is 0.901. The Morgan fingerprint density at radius 1 is 1.19 bits per heavy atom. The van der Waals surface area contributed by atoms with Gasteiger partial charge in [0.1, 0.15) is 0 Å². The zero-order chi connectivity index (χ0) is 15.5. The van der Waals surface area contributed by atoms with E-state index in [-0.39, 0.29) is 5.56 Å². The number of aromatic nitrogens is 1. The van der Waals surface area contributed by atoms with Crippen molar-refractivity contribution in [3.8, 4) is 0 Å². The van der Waals surface area contributed by atoms with Crippen LogP contribution < -0.4 is 5.32 Å². The number of benzene rings is 1. The molecular formula is C15H14ClF3N2. The van der Waals surface area contributed by atoms with Crippen molar-refractivity contribution >= 4 is 11.6 Å². The fourth-order valence-corrected chi connectivity index (χ4v) is 2.29. The summed E-state index contributed by atoms with van der Waals surface area (Å²) in [5.74, 6) is 0. The van der Waals surface area contributed by atoms with Gasteiger partial charge < -0.3 is 5.32 Å². The van der Waals surface area contributed by atoms with Crippen LogP contribution in [0.2, 0.25) is 5.02 Å². The lowest BCUT2D eigenvalue weighted by Gasteiger charge is -2.22. The van der Waals surface area contributed by atoms with Gasteiger partial charge in [0.2, 0.25) is 0 Å². The molecular weight excluding hydrogens is 301 g/mol. The first-order chi connectivity index (χ1) is 9.93. The van der Waals surface area contributed by atoms with Crippen molar-refractivity contribution in [3.63, 3.8) is 0 Å². The summed E-state index contributed by atoms with van der Waals surface area (Å²) in [5.41, 5.74) is 0.132. The topological polar surface area (TPSA) is 24.9 Å². The van der Waals surface area contributed by atoms with Crippen LogP contribution in [0.5, 0.6) is 0 Å². The van der Waals surface area contributed by atoms with E-state index < -0.39 is 17.8 Å². The third-order valence-corrected chi connectivity index (χ3v) is 3.33. The lowest BCUT2D eigenvalue weighted by Crippen LogP contribution is -2.25. The molecule has 2 aromatic rings. The Hall–Kier alpha value is -1.59. The van der Waals surface area contributed by atoms with Gasteiger partial charge in [-0.3, -0.25) is 4.98 Å². The Bertz CT molecular complexity index is 597. The molecule has 1 unspecified atom stereocenters. The predicted molar refractivity (Wildman–Crippen MR) is 76.2 cm³/mol. The maximum Gasteiger partial charge on any atom is 0.416 e. The maximum atomic E-state index is 13.2. The van der Waals surface area contributed by atoms with Gasteiger partial charge in [-0.2, -0.15) is 13.2 Å². The largest absolute Gasteiger partial charge is 0.416 e. The van der Waals surface area contributed by atoms with Crippen molar-refractivity contribution in [3.05, 3.63) is 64.4 Å². The Morgan fingerprint density at radius 3 is 2.43 bits per heavy atom. The summed E-state index contributed by atoms with van der Waals surface area (Å²) >= 11 is 5.83. The summed E-state index contributed by atoms with van der Waals surface area (Å²) < 4.78 is 39.5. The van der Waals surface area contributed by atoms with Crippen LogP contribution in [0, 0.1) is 0 Å². The normalized spacial score (nSPS) is 13.2. The smallest absolute Gasteiger partial charge is 0.306 e. The van der Waals surface area contributed by atoms with E-state index in [0.29, 0.717) is 17.1 Å². The summed E-state index contributed by atoms with van der Waals surface area (Å²) in [6.45, 7) is 2.37. The average molecular weight is 315 g/mol. The Balaban J connectivity index is 2.51. The molecule has 0 fully saturated rings. The molecule has 2 nitrogen and oxygen atoms in total. The van der Waals surface area contributed by atoms with E-state index in [1.807, 2.05) is 6.92 Å². The predicted octanol–water partition coefficient (Wildman–Crippen LogP) is 4.45. The third kappa shape index (κ3) is 3.74. The molecule has 0 aliphatic rings. The number of alkyl halides is 3. The molecule has 2 rings (SSSR count). The highest BCUT2D eigenvalue weighted by Crippen LogP contribution is 2.36. The summed E-state index contributed by atoms with van der Waals surface area (Å²) in [7, 11) is 0. The Labute approximate surface area is 126 Å². The van der Waals surface area contributed by atoms with E-state index >= 15 is 0 Å². The van der Waals surface area contributed by atoms with Crippen LogP contribution in [0.15, 0.2) is 42.7 Å². The molecule has 1 atom stereocenters. The van der Waals surface area contributed by atoms with Gasteiger partial charge in [0.15, 0.2) is 0 Å². The number of rotatable bonds is 4. The molecule has 0 saturated heterocycles. The second kappa shape index (κ2) is 6.45. The Kier molecular flexibility index (Phi) is 4.85. The van der Waals surface area contributed by atoms with Crippen molar-refractivity contribution in [2.45, 2.75) is 19.1 Å². The average Bonchev–Trinajstić information content (AvgIpc) is 2.45. The third-order valence-electron chi connectivity index (χ3n) is 3.08. The number of hydrogen-bond acceptors (Lipinski definition) is 2. The SMILES string of the molecule is CCNC(c1ccc(Cl)cc1)c1cnccc1C(F)(F)F. The minimum Gasteiger partial charge on any atom is -0.306 e. The van der Waals surface area contributed by atoms with E-state index in [1.54, 1.807) is 24.3 Å². The van der Waals surface area contributed by atoms with Crippen LogP contribution in [0.3, 0.4) is 0 Å². The molecule has 0 aliphatic carbocycles. The van der Waals surface area contributed by atoms with Gasteiger partial charge in [0.25, 0.3) is 0 Å². The second-order valence-corrected chi connectivity index (χ2v) is 4.94. The van der Waals surface area contributed by atoms with Crippen molar-refractivity contribution < 1.29 is 13.2 Å². The highest BCUT2D eigenvalue weighted by Gasteiger charge is 2.35. The second-order valence-electron chi connectivity index (χ2n) is 4.50. The van der Waals surface area contributed by atoms with Crippen molar-refractivity contribution in [1.82, 2.24) is 10.3 Å². The van der Waals surface area contributed by atoms with Crippen LogP contribution in [0.1, 0.15) is 29.7 Å². The van der Waals surface area contributed by atoms with E-state index in [9.17, 15) is 13.2 Å². The first kappa shape index (κ1) is 15.8. The summed E-state index contributed by atoms with van der Waals surface area (Å²) in [4.78, 5) is 3.84. The van der Waals surface area contributed by atoms with Crippen LogP contribution in [0.4, 0.5) is 13.2 Å². The van der Waals surface area contributed by atoms with E-state index in [2.05, 4.69) is 10.3 Å². The van der Waals surface area contributed by atoms with Gasteiger partial charge in [-0.25, -0.2) is 0 Å². The van der Waals surface area contributed by atoms with Crippen LogP contribution in [-0.2, 0) is 6.18 Å². The lowest BCUT2D eigenvalue weighted by atomic mass is 9.96. The molecule has 1 aromatic heterocycles. The van der Waals surface area contributed by atoms with Crippen LogP contribution in [0.25, 0.3) is 0 Å². The fraction of sp³-hybridized carbons (Fsp3) is 0.267. The number of nitrogens with zero attached hydrogens (tertiary/aromatic N) is 1. The van der Waals surface area contributed by atoms with Crippen LogP contribution >= 0.6 is 11.6 Å². The monoisotopic (exact) mass is 314 g/mol. The molecule has 1 heterocycles. The van der Waals surface area contributed by atoms with Crippen molar-refractivity contribution in [2.24, 2.45) is 0 Å². The fourth-order valence-electron chi connectivity index (χ4n) is 2.16. The van der Waals surface area contributed by atoms with Gasteiger partial charge in [0, 0.05) is 23.0 Å². The molecule has 0 aliphatic heterocycles. The van der Waals surface area contributed by atoms with Gasteiger partial charge >= 0.3 is 6.18 Å². The first-order valence-electron chi connectivity index (χ1n) is 6.43. The molecule has 0 radical (unpaired) electrons. The molecule has 0 amide bonds.